The van der Waals surface area contributed by atoms with Crippen LogP contribution in [0.1, 0.15) is 0 Å². The molecule has 0 spiro atoms. The molecule has 0 amide bonds. The van der Waals surface area contributed by atoms with Crippen LogP contribution in [-0.2, 0) is 0 Å². The van der Waals surface area contributed by atoms with E-state index in [4.69, 9.17) is 15.0 Å². The molecule has 4 heteroatoms. The van der Waals surface area contributed by atoms with Gasteiger partial charge in [0.2, 0.25) is 0 Å². The van der Waals surface area contributed by atoms with Gasteiger partial charge < -0.3 is 4.90 Å². The topological polar surface area (TPSA) is 41.9 Å². The Morgan fingerprint density at radius 1 is 0.382 bits per heavy atom. The van der Waals surface area contributed by atoms with Crippen LogP contribution in [-0.4, -0.2) is 15.0 Å². The first-order valence-electron chi connectivity index (χ1n) is 18.6. The van der Waals surface area contributed by atoms with Crippen molar-refractivity contribution in [2.45, 2.75) is 0 Å². The number of para-hydroxylation sites is 2. The van der Waals surface area contributed by atoms with Gasteiger partial charge in [0.1, 0.15) is 0 Å². The first kappa shape index (κ1) is 31.1. The van der Waals surface area contributed by atoms with E-state index in [0.717, 1.165) is 83.1 Å². The van der Waals surface area contributed by atoms with Crippen LogP contribution in [0.4, 0.5) is 17.1 Å². The maximum absolute atomic E-state index is 5.45. The Labute approximate surface area is 317 Å². The summed E-state index contributed by atoms with van der Waals surface area (Å²) in [5, 5.41) is 10.3. The molecular formula is C51H32N4. The standard InChI is InChI=1S/C51H32N4/c1-2-15-39(16-3-1)55(41-28-22-33-11-4-5-12-37(33)31-41)40-26-23-35(24-27-40)49-48-44(46-29-25-36-21-20-34-14-10-30-52-50(34)51(36)54-46)32-38-13-6-7-17-42(38)47(48)43-18-8-9-19-45(43)53-49/h1-32H. The highest BCUT2D eigenvalue weighted by atomic mass is 15.1. The third-order valence-corrected chi connectivity index (χ3v) is 10.8. The maximum atomic E-state index is 5.45. The van der Waals surface area contributed by atoms with Crippen LogP contribution in [0.25, 0.3) is 87.5 Å². The van der Waals surface area contributed by atoms with Crippen molar-refractivity contribution >= 4 is 82.1 Å². The van der Waals surface area contributed by atoms with Crippen molar-refractivity contribution in [2.24, 2.45) is 0 Å². The molecule has 0 aliphatic carbocycles. The third-order valence-electron chi connectivity index (χ3n) is 10.8. The molecule has 0 saturated heterocycles. The number of pyridine rings is 3. The molecule has 256 valence electrons. The van der Waals surface area contributed by atoms with Crippen LogP contribution in [0, 0.1) is 0 Å². The Hall–Kier alpha value is -7.43. The second kappa shape index (κ2) is 12.6. The van der Waals surface area contributed by atoms with E-state index in [-0.39, 0.29) is 0 Å². The number of hydrogen-bond acceptors (Lipinski definition) is 4. The van der Waals surface area contributed by atoms with Gasteiger partial charge in [0.25, 0.3) is 0 Å². The van der Waals surface area contributed by atoms with Crippen LogP contribution in [0.5, 0.6) is 0 Å². The molecule has 55 heavy (non-hydrogen) atoms. The summed E-state index contributed by atoms with van der Waals surface area (Å²) >= 11 is 0. The van der Waals surface area contributed by atoms with Crippen LogP contribution >= 0.6 is 0 Å². The molecule has 0 saturated carbocycles. The highest BCUT2D eigenvalue weighted by Gasteiger charge is 2.20. The molecule has 0 atom stereocenters. The quantitative estimate of drug-likeness (QED) is 0.168. The van der Waals surface area contributed by atoms with Crippen molar-refractivity contribution in [3.8, 4) is 22.5 Å². The molecule has 0 aliphatic heterocycles. The molecule has 0 aliphatic rings. The van der Waals surface area contributed by atoms with Crippen molar-refractivity contribution in [1.82, 2.24) is 15.0 Å². The fraction of sp³-hybridized carbons (Fsp3) is 0. The zero-order valence-electron chi connectivity index (χ0n) is 29.8. The number of fused-ring (bicyclic) bond motifs is 9. The highest BCUT2D eigenvalue weighted by molar-refractivity contribution is 6.26. The fourth-order valence-corrected chi connectivity index (χ4v) is 8.23. The van der Waals surface area contributed by atoms with Crippen LogP contribution in [0.3, 0.4) is 0 Å². The SMILES string of the molecule is c1ccc(N(c2ccc(-c3nc4ccccc4c4c3c(-c3ccc5ccc6cccnc6c5n3)cc3ccccc34)cc2)c2ccc3ccccc3c2)cc1. The predicted molar refractivity (Wildman–Crippen MR) is 230 cm³/mol. The largest absolute Gasteiger partial charge is 0.310 e. The second-order valence-electron chi connectivity index (χ2n) is 14.0. The Morgan fingerprint density at radius 2 is 1.02 bits per heavy atom. The monoisotopic (exact) mass is 700 g/mol. The van der Waals surface area contributed by atoms with E-state index in [1.54, 1.807) is 0 Å². The lowest BCUT2D eigenvalue weighted by Crippen LogP contribution is -2.09. The Bertz CT molecular complexity index is 3250. The van der Waals surface area contributed by atoms with Gasteiger partial charge in [-0.2, -0.15) is 0 Å². The van der Waals surface area contributed by atoms with Gasteiger partial charge in [0, 0.05) is 61.3 Å². The number of hydrogen-bond donors (Lipinski definition) is 0. The van der Waals surface area contributed by atoms with E-state index in [0.29, 0.717) is 0 Å². The summed E-state index contributed by atoms with van der Waals surface area (Å²) in [6.45, 7) is 0. The summed E-state index contributed by atoms with van der Waals surface area (Å²) in [4.78, 5) is 17.9. The van der Waals surface area contributed by atoms with Gasteiger partial charge in [-0.1, -0.05) is 127 Å². The molecule has 0 fully saturated rings. The molecule has 4 nitrogen and oxygen atoms in total. The highest BCUT2D eigenvalue weighted by Crippen LogP contribution is 2.44. The molecule has 11 aromatic rings. The summed E-state index contributed by atoms with van der Waals surface area (Å²) in [5.41, 5.74) is 9.92. The summed E-state index contributed by atoms with van der Waals surface area (Å²) in [6.07, 6.45) is 1.85. The van der Waals surface area contributed by atoms with E-state index >= 15 is 0 Å². The predicted octanol–water partition coefficient (Wildman–Crippen LogP) is 13.6. The van der Waals surface area contributed by atoms with E-state index < -0.39 is 0 Å². The number of nitrogens with zero attached hydrogens (tertiary/aromatic N) is 4. The van der Waals surface area contributed by atoms with Crippen molar-refractivity contribution in [1.29, 1.82) is 0 Å². The molecule has 0 radical (unpaired) electrons. The second-order valence-corrected chi connectivity index (χ2v) is 14.0. The molecule has 3 aromatic heterocycles. The van der Waals surface area contributed by atoms with E-state index in [1.165, 1.54) is 21.5 Å². The first-order valence-corrected chi connectivity index (χ1v) is 18.6. The van der Waals surface area contributed by atoms with Gasteiger partial charge in [0.05, 0.1) is 27.9 Å². The lowest BCUT2D eigenvalue weighted by molar-refractivity contribution is 1.29. The minimum atomic E-state index is 0.892. The van der Waals surface area contributed by atoms with E-state index in [1.807, 2.05) is 12.3 Å². The van der Waals surface area contributed by atoms with Crippen LogP contribution < -0.4 is 4.90 Å². The van der Waals surface area contributed by atoms with Crippen LogP contribution in [0.2, 0.25) is 0 Å². The number of aromatic nitrogens is 3. The van der Waals surface area contributed by atoms with Gasteiger partial charge in [-0.25, -0.2) is 9.97 Å². The molecule has 0 N–H and O–H groups in total. The summed E-state index contributed by atoms with van der Waals surface area (Å²) in [5.74, 6) is 0. The molecule has 11 rings (SSSR count). The zero-order valence-corrected chi connectivity index (χ0v) is 29.8. The summed E-state index contributed by atoms with van der Waals surface area (Å²) in [6, 6.07) is 66.7. The molecule has 3 heterocycles. The zero-order chi connectivity index (χ0) is 36.3. The van der Waals surface area contributed by atoms with Gasteiger partial charge in [-0.15, -0.1) is 0 Å². The Balaban J connectivity index is 1.16. The fourth-order valence-electron chi connectivity index (χ4n) is 8.23. The molecule has 0 bridgehead atoms. The first-order chi connectivity index (χ1) is 27.3. The van der Waals surface area contributed by atoms with Crippen molar-refractivity contribution in [3.63, 3.8) is 0 Å². The van der Waals surface area contributed by atoms with Gasteiger partial charge in [0.15, 0.2) is 0 Å². The van der Waals surface area contributed by atoms with E-state index in [9.17, 15) is 0 Å². The molecule has 0 unspecified atom stereocenters. The number of rotatable bonds is 5. The maximum Gasteiger partial charge on any atom is 0.0972 e. The minimum absolute atomic E-state index is 0.892. The smallest absolute Gasteiger partial charge is 0.0972 e. The average molecular weight is 701 g/mol. The third kappa shape index (κ3) is 5.19. The lowest BCUT2D eigenvalue weighted by Gasteiger charge is -2.26. The van der Waals surface area contributed by atoms with Gasteiger partial charge >= 0.3 is 0 Å². The summed E-state index contributed by atoms with van der Waals surface area (Å²) < 4.78 is 0. The summed E-state index contributed by atoms with van der Waals surface area (Å²) in [7, 11) is 0. The van der Waals surface area contributed by atoms with Crippen LogP contribution in [0.15, 0.2) is 194 Å². The number of benzene rings is 8. The average Bonchev–Trinajstić information content (AvgIpc) is 3.26. The Kier molecular flexibility index (Phi) is 7.14. The minimum Gasteiger partial charge on any atom is -0.310 e. The van der Waals surface area contributed by atoms with Gasteiger partial charge in [-0.3, -0.25) is 4.98 Å². The lowest BCUT2D eigenvalue weighted by atomic mass is 9.90. The van der Waals surface area contributed by atoms with Crippen molar-refractivity contribution < 1.29 is 0 Å². The normalized spacial score (nSPS) is 11.6. The van der Waals surface area contributed by atoms with Crippen molar-refractivity contribution in [2.75, 3.05) is 4.90 Å². The van der Waals surface area contributed by atoms with Crippen molar-refractivity contribution in [3.05, 3.63) is 194 Å². The molecule has 8 aromatic carbocycles. The van der Waals surface area contributed by atoms with E-state index in [2.05, 4.69) is 187 Å². The van der Waals surface area contributed by atoms with Gasteiger partial charge in [-0.05, 0) is 82.2 Å². The number of anilines is 3. The molecular weight excluding hydrogens is 669 g/mol. The Morgan fingerprint density at radius 3 is 1.87 bits per heavy atom.